The molecule has 0 saturated heterocycles. The number of thiophene rings is 1. The van der Waals surface area contributed by atoms with E-state index >= 15 is 0 Å². The molecule has 4 aromatic heterocycles. The van der Waals surface area contributed by atoms with Gasteiger partial charge in [-0.15, -0.1) is 16.4 Å². The second-order valence-electron chi connectivity index (χ2n) is 5.58. The van der Waals surface area contributed by atoms with Crippen molar-refractivity contribution in [2.75, 3.05) is 0 Å². The minimum absolute atomic E-state index is 0.617. The Bertz CT molecular complexity index is 1210. The van der Waals surface area contributed by atoms with E-state index in [1.165, 1.54) is 0 Å². The molecule has 0 N–H and O–H groups in total. The molecular weight excluding hydrogens is 402 g/mol. The highest BCUT2D eigenvalue weighted by Gasteiger charge is 2.14. The smallest absolute Gasteiger partial charge is 0.134 e. The Morgan fingerprint density at radius 3 is 3.12 bits per heavy atom. The first-order valence-corrected chi connectivity index (χ1v) is 9.19. The normalized spacial score (nSPS) is 11.6. The maximum Gasteiger partial charge on any atom is 0.134 e. The van der Waals surface area contributed by atoms with E-state index in [0.717, 1.165) is 42.6 Å². The summed E-state index contributed by atoms with van der Waals surface area (Å²) >= 11 is 5.10. The fraction of sp³-hybridized carbons (Fsp3) is 0.0588. The van der Waals surface area contributed by atoms with Gasteiger partial charge in [-0.05, 0) is 33.6 Å². The van der Waals surface area contributed by atoms with Gasteiger partial charge in [0.2, 0.25) is 0 Å². The van der Waals surface area contributed by atoms with Crippen molar-refractivity contribution in [3.63, 3.8) is 0 Å². The SMILES string of the molecule is Brc1csc2c(-c3cn(Cc4ccc5ccoc5c4)nn3)ncnc12. The van der Waals surface area contributed by atoms with Gasteiger partial charge in [0.15, 0.2) is 0 Å². The fourth-order valence-corrected chi connectivity index (χ4v) is 4.36. The van der Waals surface area contributed by atoms with Crippen LogP contribution in [-0.2, 0) is 6.54 Å². The lowest BCUT2D eigenvalue weighted by molar-refractivity contribution is 0.612. The largest absolute Gasteiger partial charge is 0.464 e. The topological polar surface area (TPSA) is 69.6 Å². The van der Waals surface area contributed by atoms with Crippen LogP contribution in [-0.4, -0.2) is 25.0 Å². The van der Waals surface area contributed by atoms with Crippen LogP contribution >= 0.6 is 27.3 Å². The average Bonchev–Trinajstić information content (AvgIpc) is 3.35. The number of rotatable bonds is 3. The second-order valence-corrected chi connectivity index (χ2v) is 7.31. The molecule has 0 aliphatic rings. The molecule has 25 heavy (non-hydrogen) atoms. The summed E-state index contributed by atoms with van der Waals surface area (Å²) in [4.78, 5) is 8.70. The predicted molar refractivity (Wildman–Crippen MR) is 99.4 cm³/mol. The highest BCUT2D eigenvalue weighted by Crippen LogP contribution is 2.33. The maximum absolute atomic E-state index is 5.46. The van der Waals surface area contributed by atoms with E-state index in [0.29, 0.717) is 6.54 Å². The molecular formula is C17H10BrN5OS. The van der Waals surface area contributed by atoms with Crippen LogP contribution in [0, 0.1) is 0 Å². The number of nitrogens with zero attached hydrogens (tertiary/aromatic N) is 5. The molecule has 0 amide bonds. The summed E-state index contributed by atoms with van der Waals surface area (Å²) in [5, 5.41) is 11.6. The number of hydrogen-bond donors (Lipinski definition) is 0. The summed E-state index contributed by atoms with van der Waals surface area (Å²) in [5.74, 6) is 0. The summed E-state index contributed by atoms with van der Waals surface area (Å²) < 4.78 is 9.22. The van der Waals surface area contributed by atoms with Crippen molar-refractivity contribution < 1.29 is 4.42 Å². The Morgan fingerprint density at radius 2 is 2.16 bits per heavy atom. The summed E-state index contributed by atoms with van der Waals surface area (Å²) in [7, 11) is 0. The van der Waals surface area contributed by atoms with Gasteiger partial charge in [0, 0.05) is 10.8 Å². The molecule has 0 aliphatic carbocycles. The average molecular weight is 412 g/mol. The summed E-state index contributed by atoms with van der Waals surface area (Å²) in [5.41, 5.74) is 4.41. The van der Waals surface area contributed by atoms with Gasteiger partial charge in [0.1, 0.15) is 23.3 Å². The van der Waals surface area contributed by atoms with Crippen LogP contribution in [0.1, 0.15) is 5.56 Å². The van der Waals surface area contributed by atoms with Crippen LogP contribution in [0.5, 0.6) is 0 Å². The minimum Gasteiger partial charge on any atom is -0.464 e. The van der Waals surface area contributed by atoms with Crippen LogP contribution in [0.15, 0.2) is 57.3 Å². The monoisotopic (exact) mass is 411 g/mol. The van der Waals surface area contributed by atoms with Crippen molar-refractivity contribution in [1.82, 2.24) is 25.0 Å². The lowest BCUT2D eigenvalue weighted by Gasteiger charge is -2.00. The van der Waals surface area contributed by atoms with Gasteiger partial charge in [-0.2, -0.15) is 0 Å². The van der Waals surface area contributed by atoms with E-state index in [-0.39, 0.29) is 0 Å². The van der Waals surface area contributed by atoms with Crippen molar-refractivity contribution in [2.45, 2.75) is 6.54 Å². The number of aromatic nitrogens is 5. The first-order valence-electron chi connectivity index (χ1n) is 7.52. The quantitative estimate of drug-likeness (QED) is 0.436. The molecule has 0 saturated carbocycles. The summed E-state index contributed by atoms with van der Waals surface area (Å²) in [6.07, 6.45) is 5.16. The summed E-state index contributed by atoms with van der Waals surface area (Å²) in [6.45, 7) is 0.617. The molecule has 0 atom stereocenters. The standard InChI is InChI=1S/C17H10BrN5OS/c18-12-8-25-17-15(12)19-9-20-16(17)13-7-23(22-21-13)6-10-1-2-11-3-4-24-14(11)5-10/h1-5,7-9H,6H2. The lowest BCUT2D eigenvalue weighted by atomic mass is 10.2. The zero-order chi connectivity index (χ0) is 16.8. The van der Waals surface area contributed by atoms with E-state index in [1.807, 2.05) is 29.8 Å². The van der Waals surface area contributed by atoms with Crippen LogP contribution in [0.3, 0.4) is 0 Å². The Balaban J connectivity index is 1.50. The van der Waals surface area contributed by atoms with Gasteiger partial charge < -0.3 is 4.42 Å². The first-order chi connectivity index (χ1) is 12.3. The number of furan rings is 1. The molecule has 0 unspecified atom stereocenters. The van der Waals surface area contributed by atoms with Gasteiger partial charge in [-0.25, -0.2) is 14.6 Å². The van der Waals surface area contributed by atoms with E-state index in [2.05, 4.69) is 42.3 Å². The van der Waals surface area contributed by atoms with Crippen LogP contribution in [0.25, 0.3) is 32.6 Å². The first kappa shape index (κ1) is 14.7. The van der Waals surface area contributed by atoms with Gasteiger partial charge in [0.25, 0.3) is 0 Å². The van der Waals surface area contributed by atoms with Crippen molar-refractivity contribution in [3.05, 3.63) is 58.5 Å². The highest BCUT2D eigenvalue weighted by atomic mass is 79.9. The van der Waals surface area contributed by atoms with Crippen LogP contribution in [0.4, 0.5) is 0 Å². The number of halogens is 1. The number of benzene rings is 1. The zero-order valence-corrected chi connectivity index (χ0v) is 15.2. The molecule has 6 nitrogen and oxygen atoms in total. The van der Waals surface area contributed by atoms with Crippen molar-refractivity contribution in [2.24, 2.45) is 0 Å². The molecule has 5 aromatic rings. The molecule has 0 bridgehead atoms. The third kappa shape index (κ3) is 2.54. The molecule has 1 aromatic carbocycles. The Kier molecular flexibility index (Phi) is 3.39. The van der Waals surface area contributed by atoms with Crippen molar-refractivity contribution >= 4 is 48.5 Å². The third-order valence-electron chi connectivity index (χ3n) is 3.96. The minimum atomic E-state index is 0.617. The van der Waals surface area contributed by atoms with E-state index in [1.54, 1.807) is 28.6 Å². The van der Waals surface area contributed by atoms with Crippen LogP contribution in [0.2, 0.25) is 0 Å². The molecule has 4 heterocycles. The van der Waals surface area contributed by atoms with Crippen molar-refractivity contribution in [3.8, 4) is 11.4 Å². The zero-order valence-electron chi connectivity index (χ0n) is 12.8. The van der Waals surface area contributed by atoms with Gasteiger partial charge in [-0.1, -0.05) is 17.3 Å². The molecule has 5 rings (SSSR count). The maximum atomic E-state index is 5.46. The number of fused-ring (bicyclic) bond motifs is 2. The Hall–Kier alpha value is -2.58. The van der Waals surface area contributed by atoms with Crippen LogP contribution < -0.4 is 0 Å². The number of hydrogen-bond acceptors (Lipinski definition) is 6. The third-order valence-corrected chi connectivity index (χ3v) is 5.84. The summed E-state index contributed by atoms with van der Waals surface area (Å²) in [6, 6.07) is 8.09. The Labute approximate surface area is 154 Å². The van der Waals surface area contributed by atoms with Gasteiger partial charge in [0.05, 0.1) is 33.7 Å². The van der Waals surface area contributed by atoms with Gasteiger partial charge in [-0.3, -0.25) is 0 Å². The lowest BCUT2D eigenvalue weighted by Crippen LogP contribution is -2.00. The van der Waals surface area contributed by atoms with Crippen molar-refractivity contribution in [1.29, 1.82) is 0 Å². The second kappa shape index (κ2) is 5.75. The van der Waals surface area contributed by atoms with Gasteiger partial charge >= 0.3 is 0 Å². The highest BCUT2D eigenvalue weighted by molar-refractivity contribution is 9.10. The van der Waals surface area contributed by atoms with E-state index in [4.69, 9.17) is 4.42 Å². The molecule has 0 fully saturated rings. The van der Waals surface area contributed by atoms with E-state index < -0.39 is 0 Å². The van der Waals surface area contributed by atoms with E-state index in [9.17, 15) is 0 Å². The molecule has 0 spiro atoms. The fourth-order valence-electron chi connectivity index (χ4n) is 2.77. The molecule has 8 heteroatoms. The molecule has 122 valence electrons. The molecule has 0 aliphatic heterocycles. The Morgan fingerprint density at radius 1 is 1.20 bits per heavy atom. The predicted octanol–water partition coefficient (Wildman–Crippen LogP) is 4.51. The molecule has 0 radical (unpaired) electrons.